The molecule has 0 saturated carbocycles. The van der Waals surface area contributed by atoms with Crippen molar-refractivity contribution < 1.29 is 0 Å². The average Bonchev–Trinajstić information content (AvgIpc) is 2.46. The molecule has 2 aromatic rings. The van der Waals surface area contributed by atoms with Crippen LogP contribution in [0.5, 0.6) is 0 Å². The smallest absolute Gasteiger partial charge is 0.287 e. The van der Waals surface area contributed by atoms with Crippen molar-refractivity contribution in [3.05, 3.63) is 57.0 Å². The molecule has 106 valence electrons. The summed E-state index contributed by atoms with van der Waals surface area (Å²) in [5.74, 6) is 0. The number of aryl methyl sites for hydroxylation is 2. The van der Waals surface area contributed by atoms with Crippen LogP contribution in [0.1, 0.15) is 18.1 Å². The number of hydrogen-bond acceptors (Lipinski definition) is 3. The van der Waals surface area contributed by atoms with Crippen LogP contribution in [-0.2, 0) is 13.0 Å². The number of halogens is 1. The summed E-state index contributed by atoms with van der Waals surface area (Å²) in [6.45, 7) is 5.17. The normalized spacial score (nSPS) is 10.6. The SMILES string of the molecule is CCn1ncc(NCCc2ccccc2C)c(Cl)c1=O. The fourth-order valence-corrected chi connectivity index (χ4v) is 2.25. The number of hydrogen-bond donors (Lipinski definition) is 1. The van der Waals surface area contributed by atoms with Crippen molar-refractivity contribution in [1.29, 1.82) is 0 Å². The molecular weight excluding hydrogens is 274 g/mol. The molecule has 5 heteroatoms. The lowest BCUT2D eigenvalue weighted by Crippen LogP contribution is -2.23. The maximum Gasteiger partial charge on any atom is 0.287 e. The Morgan fingerprint density at radius 1 is 1.35 bits per heavy atom. The van der Waals surface area contributed by atoms with E-state index in [1.54, 1.807) is 6.20 Å². The van der Waals surface area contributed by atoms with Gasteiger partial charge in [-0.1, -0.05) is 35.9 Å². The second kappa shape index (κ2) is 6.57. The van der Waals surface area contributed by atoms with Crippen molar-refractivity contribution in [2.45, 2.75) is 26.8 Å². The van der Waals surface area contributed by atoms with Gasteiger partial charge in [-0.15, -0.1) is 0 Å². The molecule has 0 aliphatic heterocycles. The monoisotopic (exact) mass is 291 g/mol. The Labute approximate surface area is 123 Å². The molecule has 0 aliphatic rings. The van der Waals surface area contributed by atoms with E-state index < -0.39 is 0 Å². The Morgan fingerprint density at radius 2 is 2.10 bits per heavy atom. The van der Waals surface area contributed by atoms with E-state index in [2.05, 4.69) is 29.5 Å². The van der Waals surface area contributed by atoms with Crippen LogP contribution in [0.15, 0.2) is 35.3 Å². The number of aromatic nitrogens is 2. The van der Waals surface area contributed by atoms with Gasteiger partial charge in [-0.3, -0.25) is 4.79 Å². The summed E-state index contributed by atoms with van der Waals surface area (Å²) in [5.41, 5.74) is 2.89. The Kier molecular flexibility index (Phi) is 4.79. The molecule has 0 spiro atoms. The summed E-state index contributed by atoms with van der Waals surface area (Å²) < 4.78 is 1.34. The van der Waals surface area contributed by atoms with Gasteiger partial charge in [-0.25, -0.2) is 4.68 Å². The molecular formula is C15H18ClN3O. The summed E-state index contributed by atoms with van der Waals surface area (Å²) in [4.78, 5) is 11.8. The molecule has 0 aliphatic carbocycles. The fraction of sp³-hybridized carbons (Fsp3) is 0.333. The van der Waals surface area contributed by atoms with E-state index in [-0.39, 0.29) is 10.6 Å². The zero-order valence-corrected chi connectivity index (χ0v) is 12.4. The Bertz CT molecular complexity index is 652. The molecule has 0 unspecified atom stereocenters. The highest BCUT2D eigenvalue weighted by molar-refractivity contribution is 6.32. The van der Waals surface area contributed by atoms with Crippen molar-refractivity contribution in [2.24, 2.45) is 0 Å². The van der Waals surface area contributed by atoms with Gasteiger partial charge >= 0.3 is 0 Å². The quantitative estimate of drug-likeness (QED) is 0.921. The average molecular weight is 292 g/mol. The van der Waals surface area contributed by atoms with E-state index in [1.807, 2.05) is 19.1 Å². The highest BCUT2D eigenvalue weighted by atomic mass is 35.5. The van der Waals surface area contributed by atoms with Crippen LogP contribution in [0.25, 0.3) is 0 Å². The van der Waals surface area contributed by atoms with Gasteiger partial charge in [0.05, 0.1) is 11.9 Å². The van der Waals surface area contributed by atoms with Gasteiger partial charge in [0.15, 0.2) is 0 Å². The fourth-order valence-electron chi connectivity index (χ4n) is 2.04. The number of nitrogens with one attached hydrogen (secondary N) is 1. The molecule has 0 fully saturated rings. The van der Waals surface area contributed by atoms with Crippen molar-refractivity contribution in [3.8, 4) is 0 Å². The van der Waals surface area contributed by atoms with Crippen molar-refractivity contribution in [1.82, 2.24) is 9.78 Å². The van der Waals surface area contributed by atoms with Crippen LogP contribution in [0, 0.1) is 6.92 Å². The number of anilines is 1. The molecule has 0 bridgehead atoms. The second-order valence-corrected chi connectivity index (χ2v) is 4.97. The summed E-state index contributed by atoms with van der Waals surface area (Å²) in [5, 5.41) is 7.43. The van der Waals surface area contributed by atoms with Crippen LogP contribution < -0.4 is 10.9 Å². The van der Waals surface area contributed by atoms with E-state index in [9.17, 15) is 4.79 Å². The molecule has 1 N–H and O–H groups in total. The first kappa shape index (κ1) is 14.6. The largest absolute Gasteiger partial charge is 0.382 e. The molecule has 0 atom stereocenters. The molecule has 1 heterocycles. The van der Waals surface area contributed by atoms with Crippen molar-refractivity contribution in [2.75, 3.05) is 11.9 Å². The molecule has 0 amide bonds. The first-order valence-electron chi connectivity index (χ1n) is 6.67. The first-order valence-corrected chi connectivity index (χ1v) is 7.05. The minimum absolute atomic E-state index is 0.201. The minimum atomic E-state index is -0.255. The second-order valence-electron chi connectivity index (χ2n) is 4.60. The number of nitrogens with zero attached hydrogens (tertiary/aromatic N) is 2. The third-order valence-corrected chi connectivity index (χ3v) is 3.62. The Balaban J connectivity index is 2.04. The number of rotatable bonds is 5. The lowest BCUT2D eigenvalue weighted by atomic mass is 10.1. The Morgan fingerprint density at radius 3 is 2.80 bits per heavy atom. The topological polar surface area (TPSA) is 46.9 Å². The zero-order valence-electron chi connectivity index (χ0n) is 11.7. The van der Waals surface area contributed by atoms with E-state index >= 15 is 0 Å². The molecule has 2 rings (SSSR count). The van der Waals surface area contributed by atoms with Crippen LogP contribution >= 0.6 is 11.6 Å². The lowest BCUT2D eigenvalue weighted by molar-refractivity contribution is 0.616. The molecule has 20 heavy (non-hydrogen) atoms. The van der Waals surface area contributed by atoms with Gasteiger partial charge in [0.1, 0.15) is 5.02 Å². The van der Waals surface area contributed by atoms with Crippen molar-refractivity contribution in [3.63, 3.8) is 0 Å². The van der Waals surface area contributed by atoms with Crippen LogP contribution in [0.4, 0.5) is 5.69 Å². The third kappa shape index (κ3) is 3.20. The summed E-state index contributed by atoms with van der Waals surface area (Å²) in [6.07, 6.45) is 2.48. The van der Waals surface area contributed by atoms with Crippen LogP contribution in [-0.4, -0.2) is 16.3 Å². The maximum absolute atomic E-state index is 11.8. The molecule has 0 radical (unpaired) electrons. The van der Waals surface area contributed by atoms with E-state index in [4.69, 9.17) is 11.6 Å². The minimum Gasteiger partial charge on any atom is -0.382 e. The Hall–Kier alpha value is -1.81. The first-order chi connectivity index (χ1) is 9.63. The summed E-state index contributed by atoms with van der Waals surface area (Å²) in [7, 11) is 0. The molecule has 0 saturated heterocycles. The summed E-state index contributed by atoms with van der Waals surface area (Å²) >= 11 is 6.05. The standard InChI is InChI=1S/C15H18ClN3O/c1-3-19-15(20)14(16)13(10-18-19)17-9-8-12-7-5-4-6-11(12)2/h4-7,10,17H,3,8-9H2,1-2H3. The van der Waals surface area contributed by atoms with E-state index in [0.717, 1.165) is 6.42 Å². The van der Waals surface area contributed by atoms with Gasteiger partial charge in [0.2, 0.25) is 0 Å². The van der Waals surface area contributed by atoms with Gasteiger partial charge < -0.3 is 5.32 Å². The van der Waals surface area contributed by atoms with Crippen molar-refractivity contribution >= 4 is 17.3 Å². The van der Waals surface area contributed by atoms with Crippen LogP contribution in [0.3, 0.4) is 0 Å². The molecule has 4 nitrogen and oxygen atoms in total. The van der Waals surface area contributed by atoms with Crippen LogP contribution in [0.2, 0.25) is 5.02 Å². The highest BCUT2D eigenvalue weighted by Crippen LogP contribution is 2.15. The van der Waals surface area contributed by atoms with Gasteiger partial charge in [0.25, 0.3) is 5.56 Å². The third-order valence-electron chi connectivity index (χ3n) is 3.26. The van der Waals surface area contributed by atoms with Gasteiger partial charge in [0, 0.05) is 13.1 Å². The zero-order chi connectivity index (χ0) is 14.5. The number of benzene rings is 1. The van der Waals surface area contributed by atoms with E-state index in [1.165, 1.54) is 15.8 Å². The lowest BCUT2D eigenvalue weighted by Gasteiger charge is -2.10. The summed E-state index contributed by atoms with van der Waals surface area (Å²) in [6, 6.07) is 8.25. The maximum atomic E-state index is 11.8. The molecule has 1 aromatic carbocycles. The van der Waals surface area contributed by atoms with E-state index in [0.29, 0.717) is 18.8 Å². The predicted octanol–water partition coefficient (Wildman–Crippen LogP) is 2.88. The van der Waals surface area contributed by atoms with Gasteiger partial charge in [-0.05, 0) is 31.4 Å². The highest BCUT2D eigenvalue weighted by Gasteiger charge is 2.07. The predicted molar refractivity (Wildman–Crippen MR) is 82.6 cm³/mol. The van der Waals surface area contributed by atoms with Gasteiger partial charge in [-0.2, -0.15) is 5.10 Å². The molecule has 1 aromatic heterocycles.